The summed E-state index contributed by atoms with van der Waals surface area (Å²) in [6, 6.07) is 1.41. The first-order chi connectivity index (χ1) is 10.2. The third-order valence-electron chi connectivity index (χ3n) is 4.44. The molecule has 22 heavy (non-hydrogen) atoms. The Bertz CT molecular complexity index is 670. The Morgan fingerprint density at radius 2 is 1.95 bits per heavy atom. The van der Waals surface area contributed by atoms with Gasteiger partial charge in [0.15, 0.2) is 0 Å². The lowest BCUT2D eigenvalue weighted by molar-refractivity contribution is 0.0692. The van der Waals surface area contributed by atoms with Crippen LogP contribution >= 0.6 is 0 Å². The number of carbonyl (C=O) groups is 1. The Hall–Kier alpha value is -2.23. The zero-order valence-corrected chi connectivity index (χ0v) is 13.2. The quantitative estimate of drug-likeness (QED) is 0.734. The van der Waals surface area contributed by atoms with Gasteiger partial charge in [-0.3, -0.25) is 0 Å². The van der Waals surface area contributed by atoms with Gasteiger partial charge < -0.3 is 15.3 Å². The van der Waals surface area contributed by atoms with Crippen molar-refractivity contribution < 1.29 is 20.1 Å². The van der Waals surface area contributed by atoms with Crippen molar-refractivity contribution in [3.63, 3.8) is 0 Å². The van der Waals surface area contributed by atoms with E-state index in [9.17, 15) is 20.1 Å². The van der Waals surface area contributed by atoms with Gasteiger partial charge in [0.25, 0.3) is 0 Å². The molecule has 4 nitrogen and oxygen atoms in total. The molecule has 0 aromatic heterocycles. The van der Waals surface area contributed by atoms with Crippen molar-refractivity contribution in [2.24, 2.45) is 5.92 Å². The number of phenolic OH excluding ortho intramolecular Hbond substituents is 1. The minimum absolute atomic E-state index is 0.0674. The molecule has 1 aromatic carbocycles. The molecule has 0 fully saturated rings. The van der Waals surface area contributed by atoms with Crippen LogP contribution in [0.5, 0.6) is 11.5 Å². The van der Waals surface area contributed by atoms with E-state index >= 15 is 0 Å². The van der Waals surface area contributed by atoms with Crippen LogP contribution in [0.2, 0.25) is 0 Å². The van der Waals surface area contributed by atoms with Crippen LogP contribution in [0.15, 0.2) is 29.9 Å². The molecular weight excluding hydrogens is 280 g/mol. The molecule has 0 saturated heterocycles. The fourth-order valence-corrected chi connectivity index (χ4v) is 3.30. The van der Waals surface area contributed by atoms with Crippen LogP contribution < -0.4 is 0 Å². The molecule has 3 N–H and O–H groups in total. The van der Waals surface area contributed by atoms with Crippen molar-refractivity contribution in [3.8, 4) is 11.5 Å². The highest BCUT2D eigenvalue weighted by Gasteiger charge is 2.32. The van der Waals surface area contributed by atoms with Crippen LogP contribution in [-0.4, -0.2) is 21.3 Å². The lowest BCUT2D eigenvalue weighted by atomic mass is 9.73. The number of hydrogen-bond donors (Lipinski definition) is 3. The number of aryl methyl sites for hydroxylation is 1. The van der Waals surface area contributed by atoms with Crippen LogP contribution in [0.25, 0.3) is 0 Å². The number of rotatable bonds is 3. The minimum Gasteiger partial charge on any atom is -0.507 e. The van der Waals surface area contributed by atoms with Gasteiger partial charge in [-0.05, 0) is 51.2 Å². The minimum atomic E-state index is -1.19. The molecule has 0 spiro atoms. The van der Waals surface area contributed by atoms with E-state index in [0.29, 0.717) is 5.56 Å². The van der Waals surface area contributed by atoms with Crippen LogP contribution in [0, 0.1) is 12.8 Å². The second kappa shape index (κ2) is 5.87. The summed E-state index contributed by atoms with van der Waals surface area (Å²) in [5, 5.41) is 30.1. The summed E-state index contributed by atoms with van der Waals surface area (Å²) in [4.78, 5) is 11.4. The van der Waals surface area contributed by atoms with E-state index in [1.807, 2.05) is 19.9 Å². The molecule has 2 rings (SSSR count). The zero-order valence-electron chi connectivity index (χ0n) is 13.2. The molecule has 0 saturated carbocycles. The SMILES string of the molecule is C=C(C)C1CCC(C)=CC1c1c(O)cc(C)c(C(=O)O)c1O. The molecule has 1 aliphatic rings. The third-order valence-corrected chi connectivity index (χ3v) is 4.44. The Kier molecular flexibility index (Phi) is 4.31. The third kappa shape index (κ3) is 2.73. The van der Waals surface area contributed by atoms with Gasteiger partial charge in [0, 0.05) is 11.5 Å². The van der Waals surface area contributed by atoms with Gasteiger partial charge in [0.05, 0.1) is 0 Å². The van der Waals surface area contributed by atoms with Gasteiger partial charge in [0.1, 0.15) is 17.1 Å². The van der Waals surface area contributed by atoms with E-state index < -0.39 is 5.97 Å². The number of aromatic carboxylic acids is 1. The van der Waals surface area contributed by atoms with Crippen molar-refractivity contribution in [2.45, 2.75) is 39.5 Å². The van der Waals surface area contributed by atoms with Crippen molar-refractivity contribution in [2.75, 3.05) is 0 Å². The number of carboxylic acids is 1. The van der Waals surface area contributed by atoms with E-state index in [-0.39, 0.29) is 34.5 Å². The summed E-state index contributed by atoms with van der Waals surface area (Å²) in [7, 11) is 0. The number of hydrogen-bond acceptors (Lipinski definition) is 3. The summed E-state index contributed by atoms with van der Waals surface area (Å²) in [5.74, 6) is -1.79. The fourth-order valence-electron chi connectivity index (χ4n) is 3.30. The summed E-state index contributed by atoms with van der Waals surface area (Å²) in [6.07, 6.45) is 3.81. The molecular formula is C18H22O4. The first-order valence-corrected chi connectivity index (χ1v) is 7.35. The predicted octanol–water partition coefficient (Wildman–Crippen LogP) is 4.12. The Labute approximate surface area is 130 Å². The summed E-state index contributed by atoms with van der Waals surface area (Å²) in [6.45, 7) is 9.49. The summed E-state index contributed by atoms with van der Waals surface area (Å²) < 4.78 is 0. The first kappa shape index (κ1) is 16.1. The molecule has 2 unspecified atom stereocenters. The maximum atomic E-state index is 11.4. The smallest absolute Gasteiger partial charge is 0.339 e. The van der Waals surface area contributed by atoms with E-state index in [4.69, 9.17) is 0 Å². The Morgan fingerprint density at radius 3 is 2.50 bits per heavy atom. The lowest BCUT2D eigenvalue weighted by Crippen LogP contribution is -2.18. The average molecular weight is 302 g/mol. The van der Waals surface area contributed by atoms with Gasteiger partial charge >= 0.3 is 5.97 Å². The molecule has 1 aromatic rings. The maximum Gasteiger partial charge on any atom is 0.339 e. The molecule has 2 atom stereocenters. The normalized spacial score (nSPS) is 21.3. The molecule has 0 radical (unpaired) electrons. The monoisotopic (exact) mass is 302 g/mol. The highest BCUT2D eigenvalue weighted by molar-refractivity contribution is 5.93. The first-order valence-electron chi connectivity index (χ1n) is 7.35. The number of carboxylic acid groups (broad SMARTS) is 1. The predicted molar refractivity (Wildman–Crippen MR) is 85.5 cm³/mol. The van der Waals surface area contributed by atoms with Crippen LogP contribution in [0.1, 0.15) is 54.1 Å². The maximum absolute atomic E-state index is 11.4. The highest BCUT2D eigenvalue weighted by Crippen LogP contribution is 2.47. The second-order valence-corrected chi connectivity index (χ2v) is 6.19. The van der Waals surface area contributed by atoms with Gasteiger partial charge in [0.2, 0.25) is 0 Å². The Morgan fingerprint density at radius 1 is 1.32 bits per heavy atom. The average Bonchev–Trinajstić information content (AvgIpc) is 2.36. The highest BCUT2D eigenvalue weighted by atomic mass is 16.4. The number of allylic oxidation sites excluding steroid dienone is 3. The topological polar surface area (TPSA) is 77.8 Å². The standard InChI is InChI=1S/C18H22O4/c1-9(2)12-6-5-10(3)7-13(12)16-14(19)8-11(4)15(17(16)20)18(21)22/h7-8,12-13,19-20H,1,5-6H2,2-4H3,(H,21,22). The van der Waals surface area contributed by atoms with Crippen molar-refractivity contribution >= 4 is 5.97 Å². The van der Waals surface area contributed by atoms with E-state index in [0.717, 1.165) is 18.4 Å². The van der Waals surface area contributed by atoms with Crippen molar-refractivity contribution in [3.05, 3.63) is 46.6 Å². The van der Waals surface area contributed by atoms with E-state index in [1.54, 1.807) is 6.92 Å². The largest absolute Gasteiger partial charge is 0.507 e. The van der Waals surface area contributed by atoms with Crippen LogP contribution in [0.4, 0.5) is 0 Å². The molecule has 4 heteroatoms. The van der Waals surface area contributed by atoms with Crippen LogP contribution in [-0.2, 0) is 0 Å². The second-order valence-electron chi connectivity index (χ2n) is 6.19. The summed E-state index contributed by atoms with van der Waals surface area (Å²) >= 11 is 0. The van der Waals surface area contributed by atoms with Gasteiger partial charge in [-0.15, -0.1) is 0 Å². The van der Waals surface area contributed by atoms with Crippen LogP contribution in [0.3, 0.4) is 0 Å². The van der Waals surface area contributed by atoms with E-state index in [2.05, 4.69) is 6.58 Å². The molecule has 0 heterocycles. The fraction of sp³-hybridized carbons (Fsp3) is 0.389. The molecule has 0 aliphatic heterocycles. The zero-order chi connectivity index (χ0) is 16.6. The molecule has 0 bridgehead atoms. The molecule has 1 aliphatic carbocycles. The Balaban J connectivity index is 2.69. The van der Waals surface area contributed by atoms with Gasteiger partial charge in [-0.25, -0.2) is 4.79 Å². The number of aromatic hydroxyl groups is 2. The lowest BCUT2D eigenvalue weighted by Gasteiger charge is -2.31. The van der Waals surface area contributed by atoms with E-state index in [1.165, 1.54) is 11.6 Å². The molecule has 0 amide bonds. The van der Waals surface area contributed by atoms with Gasteiger partial charge in [-0.2, -0.15) is 0 Å². The van der Waals surface area contributed by atoms with Gasteiger partial charge in [-0.1, -0.05) is 23.8 Å². The van der Waals surface area contributed by atoms with Crippen molar-refractivity contribution in [1.82, 2.24) is 0 Å². The van der Waals surface area contributed by atoms with Crippen molar-refractivity contribution in [1.29, 1.82) is 0 Å². The summed E-state index contributed by atoms with van der Waals surface area (Å²) in [5.41, 5.74) is 2.61. The molecule has 118 valence electrons. The number of benzene rings is 1. The number of phenols is 2.